The monoisotopic (exact) mass is 220 g/mol. The predicted molar refractivity (Wildman–Crippen MR) is 68.2 cm³/mol. The number of ketones is 1. The molecule has 0 saturated heterocycles. The third kappa shape index (κ3) is 4.34. The molecule has 0 N–H and O–H groups in total. The fraction of sp³-hybridized carbons (Fsp3) is 0.308. The zero-order valence-electron chi connectivity index (χ0n) is 9.19. The first-order valence-electron chi connectivity index (χ1n) is 4.99. The third-order valence-electron chi connectivity index (χ3n) is 2.13. The fourth-order valence-corrected chi connectivity index (χ4v) is 1.77. The van der Waals surface area contributed by atoms with Crippen molar-refractivity contribution in [2.45, 2.75) is 13.3 Å². The van der Waals surface area contributed by atoms with Crippen LogP contribution in [0, 0.1) is 0 Å². The smallest absolute Gasteiger partial charge is 0.152 e. The Bertz CT molecular complexity index is 355. The molecule has 0 atom stereocenters. The van der Waals surface area contributed by atoms with Gasteiger partial charge in [0.1, 0.15) is 0 Å². The van der Waals surface area contributed by atoms with E-state index in [1.807, 2.05) is 30.0 Å². The van der Waals surface area contributed by atoms with E-state index in [9.17, 15) is 4.79 Å². The van der Waals surface area contributed by atoms with E-state index in [-0.39, 0.29) is 5.78 Å². The molecule has 1 nitrogen and oxygen atoms in total. The first-order chi connectivity index (χ1) is 7.24. The number of rotatable bonds is 5. The van der Waals surface area contributed by atoms with E-state index in [1.165, 1.54) is 5.56 Å². The van der Waals surface area contributed by atoms with E-state index in [1.54, 1.807) is 13.0 Å². The summed E-state index contributed by atoms with van der Waals surface area (Å²) >= 11 is 1.84. The molecule has 0 heterocycles. The Morgan fingerprint density at radius 2 is 2.13 bits per heavy atom. The fourth-order valence-electron chi connectivity index (χ4n) is 1.34. The van der Waals surface area contributed by atoms with E-state index in [0.717, 1.165) is 17.7 Å². The molecule has 0 amide bonds. The normalized spacial score (nSPS) is 10.8. The van der Waals surface area contributed by atoms with Gasteiger partial charge in [-0.25, -0.2) is 0 Å². The van der Waals surface area contributed by atoms with Crippen LogP contribution >= 0.6 is 11.8 Å². The van der Waals surface area contributed by atoms with Crippen molar-refractivity contribution in [2.75, 3.05) is 12.0 Å². The maximum Gasteiger partial charge on any atom is 0.152 e. The van der Waals surface area contributed by atoms with Crippen LogP contribution in [0.5, 0.6) is 0 Å². The number of benzene rings is 1. The summed E-state index contributed by atoms with van der Waals surface area (Å²) in [6.45, 7) is 1.57. The number of aryl methyl sites for hydroxylation is 1. The quantitative estimate of drug-likeness (QED) is 0.709. The topological polar surface area (TPSA) is 17.1 Å². The summed E-state index contributed by atoms with van der Waals surface area (Å²) in [5.74, 6) is 1.21. The Kier molecular flexibility index (Phi) is 5.19. The van der Waals surface area contributed by atoms with Crippen molar-refractivity contribution in [2.24, 2.45) is 0 Å². The van der Waals surface area contributed by atoms with Crippen LogP contribution in [0.15, 0.2) is 30.3 Å². The van der Waals surface area contributed by atoms with E-state index in [0.29, 0.717) is 0 Å². The Hall–Kier alpha value is -1.02. The van der Waals surface area contributed by atoms with Gasteiger partial charge in [0.15, 0.2) is 5.78 Å². The van der Waals surface area contributed by atoms with Crippen molar-refractivity contribution in [3.8, 4) is 0 Å². The molecule has 0 saturated carbocycles. The second-order valence-electron chi connectivity index (χ2n) is 3.39. The molecule has 0 aliphatic heterocycles. The molecule has 80 valence electrons. The first-order valence-corrected chi connectivity index (χ1v) is 6.39. The number of carbonyl (C=O) groups excluding carboxylic acids is 1. The van der Waals surface area contributed by atoms with Gasteiger partial charge in [0.05, 0.1) is 0 Å². The molecule has 0 aliphatic rings. The molecule has 0 aliphatic carbocycles. The largest absolute Gasteiger partial charge is 0.295 e. The minimum Gasteiger partial charge on any atom is -0.295 e. The summed E-state index contributed by atoms with van der Waals surface area (Å²) in [6, 6.07) is 8.22. The van der Waals surface area contributed by atoms with Gasteiger partial charge in [-0.15, -0.1) is 0 Å². The van der Waals surface area contributed by atoms with Gasteiger partial charge in [-0.05, 0) is 42.6 Å². The van der Waals surface area contributed by atoms with Gasteiger partial charge in [-0.3, -0.25) is 4.79 Å². The highest BCUT2D eigenvalue weighted by molar-refractivity contribution is 7.98. The van der Waals surface area contributed by atoms with Gasteiger partial charge in [0, 0.05) is 0 Å². The summed E-state index contributed by atoms with van der Waals surface area (Å²) in [7, 11) is 0. The molecule has 2 heteroatoms. The van der Waals surface area contributed by atoms with Crippen LogP contribution in [0.1, 0.15) is 18.1 Å². The molecule has 1 rings (SSSR count). The van der Waals surface area contributed by atoms with Gasteiger partial charge in [0.25, 0.3) is 0 Å². The summed E-state index contributed by atoms with van der Waals surface area (Å²) < 4.78 is 0. The van der Waals surface area contributed by atoms with E-state index in [2.05, 4.69) is 18.4 Å². The SMILES string of the molecule is CSCCc1ccccc1/C=C/C(C)=O. The third-order valence-corrected chi connectivity index (χ3v) is 2.74. The average Bonchev–Trinajstić information content (AvgIpc) is 2.24. The zero-order chi connectivity index (χ0) is 11.1. The lowest BCUT2D eigenvalue weighted by Crippen LogP contribution is -1.92. The molecule has 0 radical (unpaired) electrons. The maximum absolute atomic E-state index is 10.9. The second kappa shape index (κ2) is 6.46. The predicted octanol–water partition coefficient (Wildman–Crippen LogP) is 3.19. The number of hydrogen-bond donors (Lipinski definition) is 0. The molecule has 15 heavy (non-hydrogen) atoms. The summed E-state index contributed by atoms with van der Waals surface area (Å²) in [5.41, 5.74) is 2.46. The van der Waals surface area contributed by atoms with E-state index < -0.39 is 0 Å². The Morgan fingerprint density at radius 3 is 2.80 bits per heavy atom. The summed E-state index contributed by atoms with van der Waals surface area (Å²) in [6.07, 6.45) is 6.68. The van der Waals surface area contributed by atoms with Crippen molar-refractivity contribution < 1.29 is 4.79 Å². The van der Waals surface area contributed by atoms with E-state index in [4.69, 9.17) is 0 Å². The lowest BCUT2D eigenvalue weighted by atomic mass is 10.0. The summed E-state index contributed by atoms with van der Waals surface area (Å²) in [4.78, 5) is 10.9. The van der Waals surface area contributed by atoms with Gasteiger partial charge in [-0.2, -0.15) is 11.8 Å². The molecule has 1 aromatic rings. The minimum atomic E-state index is 0.0923. The average molecular weight is 220 g/mol. The van der Waals surface area contributed by atoms with Crippen LogP contribution in [-0.4, -0.2) is 17.8 Å². The van der Waals surface area contributed by atoms with Gasteiger partial charge in [-0.1, -0.05) is 30.3 Å². The maximum atomic E-state index is 10.9. The highest BCUT2D eigenvalue weighted by Crippen LogP contribution is 2.13. The van der Waals surface area contributed by atoms with Crippen molar-refractivity contribution in [1.82, 2.24) is 0 Å². The van der Waals surface area contributed by atoms with Crippen LogP contribution in [-0.2, 0) is 11.2 Å². The molecule has 0 spiro atoms. The Morgan fingerprint density at radius 1 is 1.40 bits per heavy atom. The second-order valence-corrected chi connectivity index (χ2v) is 4.37. The molecule has 1 aromatic carbocycles. The number of allylic oxidation sites excluding steroid dienone is 1. The Balaban J connectivity index is 2.81. The minimum absolute atomic E-state index is 0.0923. The van der Waals surface area contributed by atoms with Crippen LogP contribution in [0.25, 0.3) is 6.08 Å². The van der Waals surface area contributed by atoms with Crippen molar-refractivity contribution >= 4 is 23.6 Å². The highest BCUT2D eigenvalue weighted by atomic mass is 32.2. The highest BCUT2D eigenvalue weighted by Gasteiger charge is 1.97. The Labute approximate surface area is 95.6 Å². The molecule has 0 bridgehead atoms. The van der Waals surface area contributed by atoms with Crippen molar-refractivity contribution in [3.05, 3.63) is 41.5 Å². The van der Waals surface area contributed by atoms with Crippen LogP contribution in [0.4, 0.5) is 0 Å². The van der Waals surface area contributed by atoms with Gasteiger partial charge >= 0.3 is 0 Å². The molecule has 0 aromatic heterocycles. The molecule has 0 fully saturated rings. The van der Waals surface area contributed by atoms with Crippen molar-refractivity contribution in [1.29, 1.82) is 0 Å². The van der Waals surface area contributed by atoms with Gasteiger partial charge in [0.2, 0.25) is 0 Å². The number of hydrogen-bond acceptors (Lipinski definition) is 2. The van der Waals surface area contributed by atoms with Gasteiger partial charge < -0.3 is 0 Å². The number of carbonyl (C=O) groups is 1. The number of thioether (sulfide) groups is 1. The van der Waals surface area contributed by atoms with Crippen LogP contribution in [0.3, 0.4) is 0 Å². The standard InChI is InChI=1S/C13H16OS/c1-11(14)7-8-12-5-3-4-6-13(12)9-10-15-2/h3-8H,9-10H2,1-2H3/b8-7+. The van der Waals surface area contributed by atoms with Crippen molar-refractivity contribution in [3.63, 3.8) is 0 Å². The van der Waals surface area contributed by atoms with Crippen LogP contribution < -0.4 is 0 Å². The van der Waals surface area contributed by atoms with Crippen LogP contribution in [0.2, 0.25) is 0 Å². The zero-order valence-corrected chi connectivity index (χ0v) is 10.0. The molecular weight excluding hydrogens is 204 g/mol. The molecular formula is C13H16OS. The lowest BCUT2D eigenvalue weighted by Gasteiger charge is -2.04. The summed E-state index contributed by atoms with van der Waals surface area (Å²) in [5, 5.41) is 0. The first kappa shape index (κ1) is 12.1. The molecule has 0 unspecified atom stereocenters. The lowest BCUT2D eigenvalue weighted by molar-refractivity contribution is -0.112. The van der Waals surface area contributed by atoms with E-state index >= 15 is 0 Å².